The van der Waals surface area contributed by atoms with E-state index in [4.69, 9.17) is 5.73 Å². The summed E-state index contributed by atoms with van der Waals surface area (Å²) in [6, 6.07) is -0.102. The van der Waals surface area contributed by atoms with Crippen molar-refractivity contribution in [1.29, 1.82) is 0 Å². The van der Waals surface area contributed by atoms with E-state index in [-0.39, 0.29) is 17.9 Å². The second-order valence-electron chi connectivity index (χ2n) is 4.93. The first-order valence-corrected chi connectivity index (χ1v) is 6.66. The number of carbonyl (C=O) groups is 2. The molecular weight excluding hydrogens is 244 g/mol. The maximum atomic E-state index is 11.8. The Kier molecular flexibility index (Phi) is 6.52. The second kappa shape index (κ2) is 7.91. The van der Waals surface area contributed by atoms with Crippen molar-refractivity contribution in [3.8, 4) is 0 Å². The van der Waals surface area contributed by atoms with Crippen molar-refractivity contribution >= 4 is 11.8 Å². The molecule has 6 heteroatoms. The lowest BCUT2D eigenvalue weighted by Gasteiger charge is -2.34. The van der Waals surface area contributed by atoms with Crippen LogP contribution < -0.4 is 11.1 Å². The van der Waals surface area contributed by atoms with Gasteiger partial charge in [0.15, 0.2) is 0 Å². The summed E-state index contributed by atoms with van der Waals surface area (Å²) in [4.78, 5) is 27.2. The molecule has 0 aromatic carbocycles. The number of carbonyl (C=O) groups excluding carboxylic acids is 2. The highest BCUT2D eigenvalue weighted by atomic mass is 16.2. The molecule has 1 aliphatic heterocycles. The van der Waals surface area contributed by atoms with Gasteiger partial charge in [0, 0.05) is 45.2 Å². The van der Waals surface area contributed by atoms with Crippen LogP contribution >= 0.6 is 0 Å². The van der Waals surface area contributed by atoms with E-state index in [1.165, 1.54) is 0 Å². The molecule has 1 heterocycles. The van der Waals surface area contributed by atoms with E-state index in [1.54, 1.807) is 6.08 Å². The van der Waals surface area contributed by atoms with Crippen LogP contribution in [0.2, 0.25) is 0 Å². The number of piperazine rings is 1. The van der Waals surface area contributed by atoms with Gasteiger partial charge in [0.05, 0.1) is 6.54 Å². The van der Waals surface area contributed by atoms with Crippen LogP contribution in [-0.4, -0.2) is 66.9 Å². The van der Waals surface area contributed by atoms with Gasteiger partial charge < -0.3 is 16.0 Å². The summed E-state index contributed by atoms with van der Waals surface area (Å²) in [6.45, 7) is 9.04. The van der Waals surface area contributed by atoms with Gasteiger partial charge in [-0.25, -0.2) is 0 Å². The van der Waals surface area contributed by atoms with Gasteiger partial charge in [-0.1, -0.05) is 6.08 Å². The minimum atomic E-state index is -0.102. The van der Waals surface area contributed by atoms with Crippen molar-refractivity contribution in [1.82, 2.24) is 15.1 Å². The van der Waals surface area contributed by atoms with Crippen molar-refractivity contribution in [2.45, 2.75) is 19.4 Å². The molecule has 0 aromatic rings. The van der Waals surface area contributed by atoms with Crippen LogP contribution in [0.15, 0.2) is 12.7 Å². The third-order valence-corrected chi connectivity index (χ3v) is 3.03. The van der Waals surface area contributed by atoms with Crippen molar-refractivity contribution in [2.24, 2.45) is 5.73 Å². The Morgan fingerprint density at radius 1 is 1.37 bits per heavy atom. The van der Waals surface area contributed by atoms with Gasteiger partial charge >= 0.3 is 0 Å². The fourth-order valence-electron chi connectivity index (χ4n) is 2.00. The molecule has 3 N–H and O–H groups in total. The van der Waals surface area contributed by atoms with Crippen LogP contribution in [0.5, 0.6) is 0 Å². The highest BCUT2D eigenvalue weighted by Gasteiger charge is 2.22. The quantitative estimate of drug-likeness (QED) is 0.616. The normalized spacial score (nSPS) is 17.9. The van der Waals surface area contributed by atoms with E-state index in [0.717, 1.165) is 13.1 Å². The Hall–Kier alpha value is -1.40. The molecule has 0 radical (unpaired) electrons. The summed E-state index contributed by atoms with van der Waals surface area (Å²) in [5.74, 6) is 0.0982. The number of hydrogen-bond acceptors (Lipinski definition) is 4. The number of rotatable bonds is 6. The number of amides is 2. The Morgan fingerprint density at radius 2 is 2.00 bits per heavy atom. The van der Waals surface area contributed by atoms with Crippen molar-refractivity contribution in [2.75, 3.05) is 39.3 Å². The largest absolute Gasteiger partial charge is 0.352 e. The standard InChI is InChI=1S/C13H24N4O2/c1-3-4-15-12(18)10-16-5-7-17(8-6-16)13(19)9-11(2)14/h3,11H,1,4-10,14H2,2H3,(H,15,18). The van der Waals surface area contributed by atoms with Gasteiger partial charge in [0.1, 0.15) is 0 Å². The van der Waals surface area contributed by atoms with Crippen LogP contribution in [0.3, 0.4) is 0 Å². The average Bonchev–Trinajstić information content (AvgIpc) is 2.36. The first kappa shape index (κ1) is 15.7. The molecule has 1 fully saturated rings. The molecule has 0 bridgehead atoms. The van der Waals surface area contributed by atoms with Gasteiger partial charge in [-0.3, -0.25) is 14.5 Å². The summed E-state index contributed by atoms with van der Waals surface area (Å²) in [5.41, 5.74) is 5.62. The maximum Gasteiger partial charge on any atom is 0.234 e. The lowest BCUT2D eigenvalue weighted by Crippen LogP contribution is -2.51. The number of hydrogen-bond donors (Lipinski definition) is 2. The molecule has 2 amide bonds. The Bertz CT molecular complexity index is 323. The van der Waals surface area contributed by atoms with Gasteiger partial charge in [-0.05, 0) is 6.92 Å². The minimum Gasteiger partial charge on any atom is -0.352 e. The predicted molar refractivity (Wildman–Crippen MR) is 74.5 cm³/mol. The number of nitrogens with one attached hydrogen (secondary N) is 1. The molecule has 0 aromatic heterocycles. The van der Waals surface area contributed by atoms with Gasteiger partial charge in [-0.2, -0.15) is 0 Å². The van der Waals surface area contributed by atoms with Gasteiger partial charge in [-0.15, -0.1) is 6.58 Å². The summed E-state index contributed by atoms with van der Waals surface area (Å²) < 4.78 is 0. The molecule has 108 valence electrons. The third-order valence-electron chi connectivity index (χ3n) is 3.03. The fourth-order valence-corrected chi connectivity index (χ4v) is 2.00. The van der Waals surface area contributed by atoms with Crippen LogP contribution in [0.4, 0.5) is 0 Å². The number of nitrogens with zero attached hydrogens (tertiary/aromatic N) is 2. The van der Waals surface area contributed by atoms with Crippen molar-refractivity contribution in [3.05, 3.63) is 12.7 Å². The monoisotopic (exact) mass is 268 g/mol. The van der Waals surface area contributed by atoms with Gasteiger partial charge in [0.25, 0.3) is 0 Å². The summed E-state index contributed by atoms with van der Waals surface area (Å²) in [7, 11) is 0. The van der Waals surface area contributed by atoms with E-state index in [9.17, 15) is 9.59 Å². The molecule has 1 aliphatic rings. The molecule has 1 rings (SSSR count). The summed E-state index contributed by atoms with van der Waals surface area (Å²) in [5, 5.41) is 2.74. The van der Waals surface area contributed by atoms with E-state index in [2.05, 4.69) is 11.9 Å². The molecule has 0 spiro atoms. The molecule has 1 unspecified atom stereocenters. The maximum absolute atomic E-state index is 11.8. The summed E-state index contributed by atoms with van der Waals surface area (Å²) in [6.07, 6.45) is 2.04. The lowest BCUT2D eigenvalue weighted by atomic mass is 10.2. The van der Waals surface area contributed by atoms with Crippen LogP contribution in [0.25, 0.3) is 0 Å². The lowest BCUT2D eigenvalue weighted by molar-refractivity contribution is -0.133. The zero-order valence-corrected chi connectivity index (χ0v) is 11.6. The Balaban J connectivity index is 2.26. The first-order valence-electron chi connectivity index (χ1n) is 6.66. The fraction of sp³-hybridized carbons (Fsp3) is 0.692. The summed E-state index contributed by atoms with van der Waals surface area (Å²) >= 11 is 0. The van der Waals surface area contributed by atoms with E-state index in [0.29, 0.717) is 32.6 Å². The van der Waals surface area contributed by atoms with Gasteiger partial charge in [0.2, 0.25) is 11.8 Å². The molecule has 0 aliphatic carbocycles. The molecule has 6 nitrogen and oxygen atoms in total. The molecular formula is C13H24N4O2. The zero-order valence-electron chi connectivity index (χ0n) is 11.6. The smallest absolute Gasteiger partial charge is 0.234 e. The zero-order chi connectivity index (χ0) is 14.3. The molecule has 0 saturated carbocycles. The SMILES string of the molecule is C=CCNC(=O)CN1CCN(C(=O)CC(C)N)CC1. The molecule has 19 heavy (non-hydrogen) atoms. The highest BCUT2D eigenvalue weighted by molar-refractivity contribution is 5.78. The van der Waals surface area contributed by atoms with E-state index in [1.807, 2.05) is 16.7 Å². The Morgan fingerprint density at radius 3 is 2.53 bits per heavy atom. The average molecular weight is 268 g/mol. The minimum absolute atomic E-state index is 0.00439. The second-order valence-corrected chi connectivity index (χ2v) is 4.93. The molecule has 1 atom stereocenters. The van der Waals surface area contributed by atoms with Crippen LogP contribution in [-0.2, 0) is 9.59 Å². The predicted octanol–water partition coefficient (Wildman–Crippen LogP) is -0.830. The van der Waals surface area contributed by atoms with Crippen molar-refractivity contribution < 1.29 is 9.59 Å². The highest BCUT2D eigenvalue weighted by Crippen LogP contribution is 2.04. The van der Waals surface area contributed by atoms with Crippen molar-refractivity contribution in [3.63, 3.8) is 0 Å². The topological polar surface area (TPSA) is 78.7 Å². The Labute approximate surface area is 114 Å². The number of nitrogens with two attached hydrogens (primary N) is 1. The van der Waals surface area contributed by atoms with Crippen LogP contribution in [0.1, 0.15) is 13.3 Å². The first-order chi connectivity index (χ1) is 9.02. The van der Waals surface area contributed by atoms with Crippen LogP contribution in [0, 0.1) is 0 Å². The molecule has 1 saturated heterocycles. The third kappa shape index (κ3) is 5.85. The van der Waals surface area contributed by atoms with E-state index < -0.39 is 0 Å². The van der Waals surface area contributed by atoms with E-state index >= 15 is 0 Å².